The van der Waals surface area contributed by atoms with Crippen molar-refractivity contribution in [3.63, 3.8) is 0 Å². The predicted molar refractivity (Wildman–Crippen MR) is 120 cm³/mol. The van der Waals surface area contributed by atoms with Crippen LogP contribution in [0.15, 0.2) is 57.8 Å². The summed E-state index contributed by atoms with van der Waals surface area (Å²) in [4.78, 5) is 40.8. The summed E-state index contributed by atoms with van der Waals surface area (Å²) in [5, 5.41) is 17.3. The average molecular weight is 435 g/mol. The van der Waals surface area contributed by atoms with Gasteiger partial charge in [-0.25, -0.2) is 0 Å². The minimum Gasteiger partial charge on any atom is -0.395 e. The Morgan fingerprint density at radius 3 is 2.75 bits per heavy atom. The molecular weight excluding hydrogens is 414 g/mol. The Balaban J connectivity index is 1.43. The third-order valence-corrected chi connectivity index (χ3v) is 4.99. The molecule has 0 fully saturated rings. The number of nitrogens with zero attached hydrogens (tertiary/aromatic N) is 2. The Bertz CT molecular complexity index is 1360. The van der Waals surface area contributed by atoms with Gasteiger partial charge in [0.15, 0.2) is 11.4 Å². The molecule has 2 heterocycles. The minimum atomic E-state index is -0.350. The zero-order valence-electron chi connectivity index (χ0n) is 17.0. The average Bonchev–Trinajstić information content (AvgIpc) is 3.15. The molecule has 2 amide bonds. The number of hydrogen-bond acceptors (Lipinski definition) is 7. The highest BCUT2D eigenvalue weighted by Crippen LogP contribution is 2.24. The molecule has 4 aromatic rings. The summed E-state index contributed by atoms with van der Waals surface area (Å²) in [7, 11) is 0. The number of aromatic amines is 1. The molecule has 0 atom stereocenters. The van der Waals surface area contributed by atoms with Crippen LogP contribution in [0, 0.1) is 0 Å². The summed E-state index contributed by atoms with van der Waals surface area (Å²) >= 11 is 0. The van der Waals surface area contributed by atoms with Gasteiger partial charge in [-0.2, -0.15) is 0 Å². The summed E-state index contributed by atoms with van der Waals surface area (Å²) in [5.41, 5.74) is 7.46. The number of hydrogen-bond donors (Lipinski definition) is 4. The van der Waals surface area contributed by atoms with Crippen molar-refractivity contribution in [2.24, 2.45) is 0 Å². The maximum atomic E-state index is 12.8. The van der Waals surface area contributed by atoms with Gasteiger partial charge in [-0.05, 0) is 35.7 Å². The maximum Gasteiger partial charge on any atom is 0.248 e. The monoisotopic (exact) mass is 435 g/mol. The number of aromatic nitrogens is 2. The van der Waals surface area contributed by atoms with Crippen LogP contribution in [0.1, 0.15) is 12.8 Å². The predicted octanol–water partition coefficient (Wildman–Crippen LogP) is 2.00. The molecule has 2 aromatic heterocycles. The topological polar surface area (TPSA) is 155 Å². The van der Waals surface area contributed by atoms with Crippen LogP contribution in [-0.2, 0) is 9.59 Å². The van der Waals surface area contributed by atoms with Gasteiger partial charge < -0.3 is 30.6 Å². The summed E-state index contributed by atoms with van der Waals surface area (Å²) in [6, 6.07) is 13.2. The Kier molecular flexibility index (Phi) is 5.86. The number of carbonyl (C=O) groups excluding carboxylic acids is 2. The van der Waals surface area contributed by atoms with Gasteiger partial charge in [0.1, 0.15) is 0 Å². The smallest absolute Gasteiger partial charge is 0.248 e. The number of anilines is 3. The van der Waals surface area contributed by atoms with Crippen molar-refractivity contribution in [1.29, 1.82) is 0 Å². The second-order valence-corrected chi connectivity index (χ2v) is 7.19. The lowest BCUT2D eigenvalue weighted by molar-refractivity contribution is -0.122. The molecule has 0 aliphatic heterocycles. The number of aliphatic hydroxyl groups excluding tert-OH is 1. The van der Waals surface area contributed by atoms with Gasteiger partial charge in [-0.3, -0.25) is 14.4 Å². The Morgan fingerprint density at radius 1 is 1.12 bits per heavy atom. The molecule has 4 rings (SSSR count). The van der Waals surface area contributed by atoms with Crippen molar-refractivity contribution in [2.75, 3.05) is 29.1 Å². The van der Waals surface area contributed by atoms with Gasteiger partial charge in [0.25, 0.3) is 0 Å². The molecule has 32 heavy (non-hydrogen) atoms. The Labute approximate surface area is 181 Å². The highest BCUT2D eigenvalue weighted by atomic mass is 16.5. The lowest BCUT2D eigenvalue weighted by Crippen LogP contribution is -2.34. The fraction of sp³-hybridized carbons (Fsp3) is 0.182. The van der Waals surface area contributed by atoms with E-state index < -0.39 is 0 Å². The molecule has 0 aliphatic carbocycles. The van der Waals surface area contributed by atoms with Crippen LogP contribution in [0.4, 0.5) is 17.2 Å². The van der Waals surface area contributed by atoms with Gasteiger partial charge in [-0.1, -0.05) is 11.2 Å². The molecule has 164 valence electrons. The first-order valence-corrected chi connectivity index (χ1v) is 9.93. The number of aliphatic hydroxyl groups is 1. The van der Waals surface area contributed by atoms with Gasteiger partial charge in [0.05, 0.1) is 17.5 Å². The van der Waals surface area contributed by atoms with Crippen LogP contribution in [0.2, 0.25) is 0 Å². The largest absolute Gasteiger partial charge is 0.395 e. The molecule has 0 radical (unpaired) electrons. The number of carbonyl (C=O) groups is 2. The number of H-pyrrole nitrogens is 1. The van der Waals surface area contributed by atoms with Crippen molar-refractivity contribution >= 4 is 50.9 Å². The van der Waals surface area contributed by atoms with E-state index in [1.54, 1.807) is 42.5 Å². The first-order chi connectivity index (χ1) is 15.4. The van der Waals surface area contributed by atoms with E-state index in [1.165, 1.54) is 11.0 Å². The van der Waals surface area contributed by atoms with E-state index in [0.717, 1.165) is 5.39 Å². The molecular formula is C22H21N5O5. The third-order valence-electron chi connectivity index (χ3n) is 4.99. The second-order valence-electron chi connectivity index (χ2n) is 7.19. The van der Waals surface area contributed by atoms with Crippen molar-refractivity contribution in [2.45, 2.75) is 12.8 Å². The standard InChI is InChI=1S/C22H21N5O5/c23-22-16-5-3-14(11-18(16)32-26-22)24-19(29)7-8-21(31)27(9-10-28)15-4-1-13-2-6-20(30)25-17(13)12-15/h1-6,11-12,28H,7-10H2,(H2,23,26)(H,24,29)(H,25,30). The summed E-state index contributed by atoms with van der Waals surface area (Å²) in [5.74, 6) is -0.410. The maximum absolute atomic E-state index is 12.8. The van der Waals surface area contributed by atoms with Gasteiger partial charge in [0.2, 0.25) is 17.4 Å². The number of rotatable bonds is 7. The van der Waals surface area contributed by atoms with E-state index in [9.17, 15) is 19.5 Å². The molecule has 0 spiro atoms. The minimum absolute atomic E-state index is 0.0538. The second kappa shape index (κ2) is 8.90. The number of benzene rings is 2. The van der Waals surface area contributed by atoms with E-state index in [-0.39, 0.29) is 49.2 Å². The molecule has 2 aromatic carbocycles. The lowest BCUT2D eigenvalue weighted by atomic mass is 10.1. The lowest BCUT2D eigenvalue weighted by Gasteiger charge is -2.22. The SMILES string of the molecule is Nc1noc2cc(NC(=O)CCC(=O)N(CCO)c3ccc4ccc(=O)[nH]c4c3)ccc12. The quantitative estimate of drug-likeness (QED) is 0.346. The molecule has 0 aliphatic rings. The molecule has 5 N–H and O–H groups in total. The van der Waals surface area contributed by atoms with E-state index in [0.29, 0.717) is 27.9 Å². The van der Waals surface area contributed by atoms with Crippen LogP contribution in [0.25, 0.3) is 21.9 Å². The van der Waals surface area contributed by atoms with Crippen molar-refractivity contribution < 1.29 is 19.2 Å². The van der Waals surface area contributed by atoms with Crippen LogP contribution >= 0.6 is 0 Å². The van der Waals surface area contributed by atoms with Crippen molar-refractivity contribution in [1.82, 2.24) is 10.1 Å². The zero-order chi connectivity index (χ0) is 22.7. The summed E-state index contributed by atoms with van der Waals surface area (Å²) < 4.78 is 5.08. The number of amides is 2. The molecule has 0 saturated carbocycles. The third kappa shape index (κ3) is 4.44. The summed E-state index contributed by atoms with van der Waals surface area (Å²) in [6.07, 6.45) is -0.117. The first-order valence-electron chi connectivity index (χ1n) is 9.93. The van der Waals surface area contributed by atoms with Gasteiger partial charge >= 0.3 is 0 Å². The van der Waals surface area contributed by atoms with Crippen LogP contribution in [-0.4, -0.2) is 40.2 Å². The van der Waals surface area contributed by atoms with E-state index in [1.807, 2.05) is 0 Å². The number of nitrogen functional groups attached to an aromatic ring is 1. The van der Waals surface area contributed by atoms with Crippen molar-refractivity contribution in [3.8, 4) is 0 Å². The highest BCUT2D eigenvalue weighted by molar-refractivity contribution is 6.00. The van der Waals surface area contributed by atoms with Gasteiger partial charge in [-0.15, -0.1) is 0 Å². The number of nitrogens with one attached hydrogen (secondary N) is 2. The summed E-state index contributed by atoms with van der Waals surface area (Å²) in [6.45, 7) is -0.186. The number of pyridine rings is 1. The molecule has 0 unspecified atom stereocenters. The first kappa shape index (κ1) is 21.1. The van der Waals surface area contributed by atoms with Crippen molar-refractivity contribution in [3.05, 3.63) is 58.9 Å². The Hall–Kier alpha value is -4.18. The number of nitrogens with two attached hydrogens (primary N) is 1. The highest BCUT2D eigenvalue weighted by Gasteiger charge is 2.17. The zero-order valence-corrected chi connectivity index (χ0v) is 17.0. The van der Waals surface area contributed by atoms with E-state index in [2.05, 4.69) is 15.5 Å². The molecule has 10 heteroatoms. The van der Waals surface area contributed by atoms with Crippen LogP contribution < -0.4 is 21.5 Å². The van der Waals surface area contributed by atoms with Crippen LogP contribution in [0.5, 0.6) is 0 Å². The normalized spacial score (nSPS) is 11.0. The fourth-order valence-corrected chi connectivity index (χ4v) is 3.42. The molecule has 10 nitrogen and oxygen atoms in total. The molecule has 0 bridgehead atoms. The molecule has 0 saturated heterocycles. The van der Waals surface area contributed by atoms with E-state index >= 15 is 0 Å². The fourth-order valence-electron chi connectivity index (χ4n) is 3.42. The van der Waals surface area contributed by atoms with Gasteiger partial charge in [0, 0.05) is 42.9 Å². The Morgan fingerprint density at radius 2 is 1.94 bits per heavy atom. The van der Waals surface area contributed by atoms with E-state index in [4.69, 9.17) is 10.3 Å². The number of fused-ring (bicyclic) bond motifs is 2. The van der Waals surface area contributed by atoms with Crippen LogP contribution in [0.3, 0.4) is 0 Å².